The molecule has 3 fully saturated rings. The Bertz CT molecular complexity index is 649. The van der Waals surface area contributed by atoms with E-state index in [9.17, 15) is 19.5 Å². The van der Waals surface area contributed by atoms with Crippen molar-refractivity contribution in [2.75, 3.05) is 0 Å². The molecule has 7 nitrogen and oxygen atoms in total. The van der Waals surface area contributed by atoms with Crippen molar-refractivity contribution in [3.63, 3.8) is 0 Å². The minimum atomic E-state index is -0.760. The van der Waals surface area contributed by atoms with E-state index in [-0.39, 0.29) is 12.5 Å². The van der Waals surface area contributed by atoms with Crippen molar-refractivity contribution >= 4 is 18.0 Å². The molecule has 2 bridgehead atoms. The smallest absolute Gasteiger partial charge is 0.426 e. The molecular weight excluding hydrogens is 324 g/mol. The summed E-state index contributed by atoms with van der Waals surface area (Å²) in [5.74, 6) is -1.02. The molecule has 3 aliphatic carbocycles. The summed E-state index contributed by atoms with van der Waals surface area (Å²) in [5, 5.41) is 9.39. The van der Waals surface area contributed by atoms with E-state index in [0.29, 0.717) is 38.5 Å². The molecule has 7 heteroatoms. The zero-order valence-electron chi connectivity index (χ0n) is 13.9. The van der Waals surface area contributed by atoms with Gasteiger partial charge in [0.05, 0.1) is 10.8 Å². The number of aliphatic carboxylic acids is 1. The molecule has 0 aromatic heterocycles. The van der Waals surface area contributed by atoms with Gasteiger partial charge in [-0.3, -0.25) is 15.0 Å². The van der Waals surface area contributed by atoms with E-state index < -0.39 is 22.9 Å². The fourth-order valence-electron chi connectivity index (χ4n) is 3.85. The lowest BCUT2D eigenvalue weighted by atomic mass is 9.53. The standard InChI is InChI=1S/C18H22N2O5/c21-14(17-6-9-18(10-7-17,11-8-17)15(22)23)19-20-16(24)25-12-13-4-2-1-3-5-13/h1-5H,6-12H2,(H,19,21)(H,20,24)(H,22,23). The Morgan fingerprint density at radius 1 is 0.920 bits per heavy atom. The highest BCUT2D eigenvalue weighted by atomic mass is 16.6. The number of hydrazine groups is 1. The fraction of sp³-hybridized carbons (Fsp3) is 0.500. The van der Waals surface area contributed by atoms with Gasteiger partial charge in [0.25, 0.3) is 0 Å². The summed E-state index contributed by atoms with van der Waals surface area (Å²) in [6, 6.07) is 9.24. The van der Waals surface area contributed by atoms with E-state index in [0.717, 1.165) is 5.56 Å². The summed E-state index contributed by atoms with van der Waals surface area (Å²) >= 11 is 0. The van der Waals surface area contributed by atoms with Crippen LogP contribution in [0.5, 0.6) is 0 Å². The summed E-state index contributed by atoms with van der Waals surface area (Å²) in [6.07, 6.45) is 2.40. The topological polar surface area (TPSA) is 105 Å². The second-order valence-electron chi connectivity index (χ2n) is 7.01. The molecule has 0 radical (unpaired) electrons. The molecule has 0 heterocycles. The Balaban J connectivity index is 1.47. The minimum absolute atomic E-state index is 0.120. The Hall–Kier alpha value is -2.57. The lowest BCUT2D eigenvalue weighted by Gasteiger charge is -2.50. The van der Waals surface area contributed by atoms with Gasteiger partial charge >= 0.3 is 12.1 Å². The minimum Gasteiger partial charge on any atom is -0.481 e. The van der Waals surface area contributed by atoms with Gasteiger partial charge in [-0.25, -0.2) is 10.2 Å². The van der Waals surface area contributed by atoms with E-state index in [2.05, 4.69) is 10.9 Å². The lowest BCUT2D eigenvalue weighted by Crippen LogP contribution is -2.55. The van der Waals surface area contributed by atoms with Crippen LogP contribution in [0.4, 0.5) is 4.79 Å². The summed E-state index contributed by atoms with van der Waals surface area (Å²) in [6.45, 7) is 0.120. The molecule has 134 valence electrons. The van der Waals surface area contributed by atoms with Gasteiger partial charge in [-0.1, -0.05) is 30.3 Å². The quantitative estimate of drug-likeness (QED) is 0.726. The van der Waals surface area contributed by atoms with Gasteiger partial charge in [0.1, 0.15) is 6.61 Å². The zero-order valence-corrected chi connectivity index (χ0v) is 13.9. The molecule has 3 N–H and O–H groups in total. The Kier molecular flexibility index (Phi) is 4.65. The first-order chi connectivity index (χ1) is 12.0. The SMILES string of the molecule is O=C(NNC(=O)C12CCC(C(=O)O)(CC1)CC2)OCc1ccccc1. The summed E-state index contributed by atoms with van der Waals surface area (Å²) in [7, 11) is 0. The zero-order chi connectivity index (χ0) is 17.9. The molecule has 1 aromatic rings. The van der Waals surface area contributed by atoms with Crippen LogP contribution in [-0.2, 0) is 20.9 Å². The number of amides is 2. The molecule has 2 amide bonds. The van der Waals surface area contributed by atoms with E-state index in [4.69, 9.17) is 4.74 Å². The van der Waals surface area contributed by atoms with Crippen LogP contribution in [0.25, 0.3) is 0 Å². The van der Waals surface area contributed by atoms with Crippen molar-refractivity contribution in [3.8, 4) is 0 Å². The van der Waals surface area contributed by atoms with E-state index in [1.807, 2.05) is 30.3 Å². The highest BCUT2D eigenvalue weighted by Crippen LogP contribution is 2.56. The third-order valence-corrected chi connectivity index (χ3v) is 5.67. The number of carbonyl (C=O) groups excluding carboxylic acids is 2. The number of fused-ring (bicyclic) bond motifs is 3. The van der Waals surface area contributed by atoms with E-state index in [1.165, 1.54) is 0 Å². The predicted octanol–water partition coefficient (Wildman–Crippen LogP) is 2.37. The number of carboxylic acids is 1. The lowest BCUT2D eigenvalue weighted by molar-refractivity contribution is -0.163. The largest absolute Gasteiger partial charge is 0.481 e. The first-order valence-corrected chi connectivity index (χ1v) is 8.46. The molecule has 3 aliphatic rings. The van der Waals surface area contributed by atoms with Crippen molar-refractivity contribution in [2.24, 2.45) is 10.8 Å². The molecule has 0 aliphatic heterocycles. The molecule has 0 saturated heterocycles. The second kappa shape index (κ2) is 6.74. The van der Waals surface area contributed by atoms with Crippen LogP contribution in [0.2, 0.25) is 0 Å². The van der Waals surface area contributed by atoms with Gasteiger partial charge in [0.15, 0.2) is 0 Å². The Labute approximate surface area is 145 Å². The van der Waals surface area contributed by atoms with Gasteiger partial charge < -0.3 is 9.84 Å². The maximum atomic E-state index is 12.5. The Morgan fingerprint density at radius 3 is 2.04 bits per heavy atom. The average molecular weight is 346 g/mol. The molecule has 0 unspecified atom stereocenters. The van der Waals surface area contributed by atoms with Crippen LogP contribution in [0, 0.1) is 10.8 Å². The van der Waals surface area contributed by atoms with Crippen molar-refractivity contribution in [1.29, 1.82) is 0 Å². The van der Waals surface area contributed by atoms with Gasteiger partial charge in [-0.2, -0.15) is 0 Å². The number of hydrogen-bond donors (Lipinski definition) is 3. The van der Waals surface area contributed by atoms with Crippen molar-refractivity contribution in [3.05, 3.63) is 35.9 Å². The molecule has 0 spiro atoms. The van der Waals surface area contributed by atoms with Crippen LogP contribution >= 0.6 is 0 Å². The van der Waals surface area contributed by atoms with Gasteiger partial charge in [0.2, 0.25) is 5.91 Å². The van der Waals surface area contributed by atoms with Crippen LogP contribution in [-0.4, -0.2) is 23.1 Å². The normalized spacial score (nSPS) is 27.4. The molecule has 1 aromatic carbocycles. The summed E-state index contributed by atoms with van der Waals surface area (Å²) in [4.78, 5) is 35.7. The Morgan fingerprint density at radius 2 is 1.48 bits per heavy atom. The van der Waals surface area contributed by atoms with Crippen LogP contribution in [0.3, 0.4) is 0 Å². The van der Waals surface area contributed by atoms with Gasteiger partial charge in [0, 0.05) is 0 Å². The first kappa shape index (κ1) is 17.3. The van der Waals surface area contributed by atoms with Gasteiger partial charge in [-0.15, -0.1) is 0 Å². The first-order valence-electron chi connectivity index (χ1n) is 8.46. The van der Waals surface area contributed by atoms with E-state index in [1.54, 1.807) is 0 Å². The second-order valence-corrected chi connectivity index (χ2v) is 7.01. The van der Waals surface area contributed by atoms with Crippen molar-refractivity contribution in [1.82, 2.24) is 10.9 Å². The van der Waals surface area contributed by atoms with Crippen LogP contribution in [0.15, 0.2) is 30.3 Å². The van der Waals surface area contributed by atoms with Crippen molar-refractivity contribution in [2.45, 2.75) is 45.1 Å². The molecule has 0 atom stereocenters. The maximum Gasteiger partial charge on any atom is 0.426 e. The average Bonchev–Trinajstić information content (AvgIpc) is 2.66. The number of nitrogens with one attached hydrogen (secondary N) is 2. The van der Waals surface area contributed by atoms with Crippen LogP contribution < -0.4 is 10.9 Å². The number of benzene rings is 1. The van der Waals surface area contributed by atoms with Crippen molar-refractivity contribution < 1.29 is 24.2 Å². The number of hydrogen-bond acceptors (Lipinski definition) is 4. The summed E-state index contributed by atoms with van der Waals surface area (Å²) < 4.78 is 5.05. The highest BCUT2D eigenvalue weighted by Gasteiger charge is 2.55. The molecular formula is C18H22N2O5. The monoisotopic (exact) mass is 346 g/mol. The van der Waals surface area contributed by atoms with Crippen LogP contribution in [0.1, 0.15) is 44.1 Å². The third kappa shape index (κ3) is 3.45. The highest BCUT2D eigenvalue weighted by molar-refractivity contribution is 5.86. The number of ether oxygens (including phenoxy) is 1. The number of rotatable bonds is 4. The number of carboxylic acid groups (broad SMARTS) is 1. The summed E-state index contributed by atoms with van der Waals surface area (Å²) in [5.41, 5.74) is 4.33. The number of carbonyl (C=O) groups is 3. The fourth-order valence-corrected chi connectivity index (χ4v) is 3.85. The predicted molar refractivity (Wildman–Crippen MR) is 88.1 cm³/mol. The molecule has 25 heavy (non-hydrogen) atoms. The third-order valence-electron chi connectivity index (χ3n) is 5.67. The van der Waals surface area contributed by atoms with Gasteiger partial charge in [-0.05, 0) is 44.1 Å². The maximum absolute atomic E-state index is 12.5. The van der Waals surface area contributed by atoms with E-state index >= 15 is 0 Å². The molecule has 3 saturated carbocycles. The molecule has 4 rings (SSSR count).